The van der Waals surface area contributed by atoms with Gasteiger partial charge in [-0.2, -0.15) is 0 Å². The van der Waals surface area contributed by atoms with Crippen LogP contribution in [0.3, 0.4) is 0 Å². The van der Waals surface area contributed by atoms with Gasteiger partial charge in [-0.3, -0.25) is 24.6 Å². The molecule has 9 heteroatoms. The third kappa shape index (κ3) is 4.75. The quantitative estimate of drug-likeness (QED) is 0.183. The molecule has 0 unspecified atom stereocenters. The maximum atomic E-state index is 13.0. The van der Waals surface area contributed by atoms with Gasteiger partial charge in [0.15, 0.2) is 0 Å². The molecule has 0 atom stereocenters. The van der Waals surface area contributed by atoms with E-state index in [-0.39, 0.29) is 29.3 Å². The molecule has 3 aromatic carbocycles. The van der Waals surface area contributed by atoms with Crippen molar-refractivity contribution in [1.29, 1.82) is 0 Å². The normalized spacial score (nSPS) is 14.6. The van der Waals surface area contributed by atoms with E-state index in [0.717, 1.165) is 39.9 Å². The number of pyridine rings is 1. The SMILES string of the molecule is O=C1S/C(=C\c2ccc(Oc3ccc([N+](=O)[O-])cn3)cc2)C(=O)N1Cc1cccc2ccccc12. The summed E-state index contributed by atoms with van der Waals surface area (Å²) in [6.07, 6.45) is 2.79. The van der Waals surface area contributed by atoms with Crippen molar-refractivity contribution in [3.63, 3.8) is 0 Å². The fourth-order valence-corrected chi connectivity index (χ4v) is 4.52. The second-order valence-electron chi connectivity index (χ2n) is 7.69. The molecule has 1 saturated heterocycles. The molecule has 0 aliphatic carbocycles. The van der Waals surface area contributed by atoms with Gasteiger partial charge in [-0.05, 0) is 51.9 Å². The van der Waals surface area contributed by atoms with E-state index < -0.39 is 4.92 Å². The number of carbonyl (C=O) groups is 2. The molecule has 0 spiro atoms. The van der Waals surface area contributed by atoms with Crippen LogP contribution in [0.4, 0.5) is 10.5 Å². The van der Waals surface area contributed by atoms with E-state index >= 15 is 0 Å². The second kappa shape index (κ2) is 9.40. The summed E-state index contributed by atoms with van der Waals surface area (Å²) in [4.78, 5) is 41.3. The van der Waals surface area contributed by atoms with Crippen LogP contribution < -0.4 is 4.74 Å². The Morgan fingerprint density at radius 3 is 2.49 bits per heavy atom. The highest BCUT2D eigenvalue weighted by atomic mass is 32.2. The average Bonchev–Trinajstić information content (AvgIpc) is 3.13. The number of ether oxygens (including phenoxy) is 1. The number of thioether (sulfide) groups is 1. The first-order valence-electron chi connectivity index (χ1n) is 10.6. The third-order valence-electron chi connectivity index (χ3n) is 5.41. The largest absolute Gasteiger partial charge is 0.439 e. The van der Waals surface area contributed by atoms with Gasteiger partial charge in [0.25, 0.3) is 16.8 Å². The van der Waals surface area contributed by atoms with E-state index in [0.29, 0.717) is 10.7 Å². The van der Waals surface area contributed by atoms with Crippen LogP contribution in [0.2, 0.25) is 0 Å². The molecule has 1 fully saturated rings. The van der Waals surface area contributed by atoms with Gasteiger partial charge in [0, 0.05) is 12.1 Å². The Morgan fingerprint density at radius 1 is 0.971 bits per heavy atom. The van der Waals surface area contributed by atoms with E-state index in [9.17, 15) is 19.7 Å². The topological polar surface area (TPSA) is 103 Å². The molecule has 35 heavy (non-hydrogen) atoms. The number of imide groups is 1. The summed E-state index contributed by atoms with van der Waals surface area (Å²) in [7, 11) is 0. The first kappa shape index (κ1) is 22.3. The van der Waals surface area contributed by atoms with Crippen LogP contribution in [-0.2, 0) is 11.3 Å². The minimum absolute atomic E-state index is 0.123. The van der Waals surface area contributed by atoms with Crippen LogP contribution >= 0.6 is 11.8 Å². The number of amides is 2. The minimum Gasteiger partial charge on any atom is -0.439 e. The van der Waals surface area contributed by atoms with Crippen molar-refractivity contribution < 1.29 is 19.2 Å². The van der Waals surface area contributed by atoms with Gasteiger partial charge in [-0.15, -0.1) is 0 Å². The fourth-order valence-electron chi connectivity index (χ4n) is 3.68. The summed E-state index contributed by atoms with van der Waals surface area (Å²) in [5.41, 5.74) is 1.51. The predicted molar refractivity (Wildman–Crippen MR) is 133 cm³/mol. The molecule has 1 aliphatic rings. The molecular weight excluding hydrogens is 466 g/mol. The number of nitro groups is 1. The van der Waals surface area contributed by atoms with Crippen molar-refractivity contribution in [1.82, 2.24) is 9.88 Å². The highest BCUT2D eigenvalue weighted by molar-refractivity contribution is 8.18. The summed E-state index contributed by atoms with van der Waals surface area (Å²) >= 11 is 0.914. The molecule has 2 heterocycles. The van der Waals surface area contributed by atoms with Gasteiger partial charge in [0.1, 0.15) is 11.9 Å². The van der Waals surface area contributed by atoms with E-state index in [2.05, 4.69) is 4.98 Å². The first-order chi connectivity index (χ1) is 17.0. The summed E-state index contributed by atoms with van der Waals surface area (Å²) in [6.45, 7) is 0.207. The fraction of sp³-hybridized carbons (Fsp3) is 0.0385. The van der Waals surface area contributed by atoms with Crippen LogP contribution in [0, 0.1) is 10.1 Å². The molecule has 0 saturated carbocycles. The summed E-state index contributed by atoms with van der Waals surface area (Å²) in [6, 6.07) is 23.3. The maximum Gasteiger partial charge on any atom is 0.293 e. The number of rotatable bonds is 6. The third-order valence-corrected chi connectivity index (χ3v) is 6.32. The van der Waals surface area contributed by atoms with E-state index in [4.69, 9.17) is 4.74 Å². The lowest BCUT2D eigenvalue weighted by molar-refractivity contribution is -0.385. The monoisotopic (exact) mass is 483 g/mol. The van der Waals surface area contributed by atoms with Crippen molar-refractivity contribution in [3.8, 4) is 11.6 Å². The highest BCUT2D eigenvalue weighted by Gasteiger charge is 2.35. The molecule has 0 bridgehead atoms. The number of hydrogen-bond donors (Lipinski definition) is 0. The summed E-state index contributed by atoms with van der Waals surface area (Å²) in [5, 5.41) is 12.5. The zero-order chi connectivity index (χ0) is 24.4. The van der Waals surface area contributed by atoms with Crippen LogP contribution in [0.25, 0.3) is 16.8 Å². The molecular formula is C26H17N3O5S. The Hall–Kier alpha value is -4.50. The standard InChI is InChI=1S/C26H17N3O5S/c30-25-23(35-26(31)28(25)16-19-6-3-5-18-4-1-2-7-22(18)19)14-17-8-11-21(12-9-17)34-24-13-10-20(15-27-24)29(32)33/h1-15H,16H2/b23-14-. The smallest absolute Gasteiger partial charge is 0.293 e. The Kier molecular flexibility index (Phi) is 5.99. The molecule has 1 aliphatic heterocycles. The van der Waals surface area contributed by atoms with Crippen molar-refractivity contribution in [3.05, 3.63) is 111 Å². The number of fused-ring (bicyclic) bond motifs is 1. The van der Waals surface area contributed by atoms with Crippen molar-refractivity contribution in [2.45, 2.75) is 6.54 Å². The van der Waals surface area contributed by atoms with E-state index in [1.807, 2.05) is 42.5 Å². The van der Waals surface area contributed by atoms with Gasteiger partial charge < -0.3 is 4.74 Å². The minimum atomic E-state index is -0.532. The Balaban J connectivity index is 1.29. The van der Waals surface area contributed by atoms with Crippen molar-refractivity contribution >= 4 is 45.4 Å². The van der Waals surface area contributed by atoms with Crippen LogP contribution in [0.5, 0.6) is 11.6 Å². The molecule has 5 rings (SSSR count). The van der Waals surface area contributed by atoms with E-state index in [1.165, 1.54) is 17.0 Å². The van der Waals surface area contributed by atoms with E-state index in [1.54, 1.807) is 30.3 Å². The summed E-state index contributed by atoms with van der Waals surface area (Å²) in [5.74, 6) is 0.369. The number of nitrogens with zero attached hydrogens (tertiary/aromatic N) is 3. The van der Waals surface area contributed by atoms with Gasteiger partial charge in [-0.25, -0.2) is 4.98 Å². The lowest BCUT2D eigenvalue weighted by Crippen LogP contribution is -2.27. The average molecular weight is 484 g/mol. The van der Waals surface area contributed by atoms with Crippen LogP contribution in [-0.4, -0.2) is 26.0 Å². The molecule has 1 aromatic heterocycles. The summed E-state index contributed by atoms with van der Waals surface area (Å²) < 4.78 is 5.61. The molecule has 4 aromatic rings. The number of hydrogen-bond acceptors (Lipinski definition) is 7. The first-order valence-corrected chi connectivity index (χ1v) is 11.4. The van der Waals surface area contributed by atoms with Crippen LogP contribution in [0.1, 0.15) is 11.1 Å². The van der Waals surface area contributed by atoms with Gasteiger partial charge in [0.2, 0.25) is 5.88 Å². The molecule has 8 nitrogen and oxygen atoms in total. The molecule has 172 valence electrons. The van der Waals surface area contributed by atoms with Gasteiger partial charge >= 0.3 is 0 Å². The number of aromatic nitrogens is 1. The number of benzene rings is 3. The van der Waals surface area contributed by atoms with Crippen molar-refractivity contribution in [2.24, 2.45) is 0 Å². The Morgan fingerprint density at radius 2 is 1.74 bits per heavy atom. The predicted octanol–water partition coefficient (Wildman–Crippen LogP) is 6.17. The van der Waals surface area contributed by atoms with Crippen molar-refractivity contribution in [2.75, 3.05) is 0 Å². The lowest BCUT2D eigenvalue weighted by Gasteiger charge is -2.14. The zero-order valence-corrected chi connectivity index (χ0v) is 19.0. The number of carbonyl (C=O) groups excluding carboxylic acids is 2. The van der Waals surface area contributed by atoms with Gasteiger partial charge in [0.05, 0.1) is 16.4 Å². The highest BCUT2D eigenvalue weighted by Crippen LogP contribution is 2.34. The maximum absolute atomic E-state index is 13.0. The second-order valence-corrected chi connectivity index (χ2v) is 8.68. The van der Waals surface area contributed by atoms with Crippen LogP contribution in [0.15, 0.2) is 90.0 Å². The molecule has 2 amide bonds. The Bertz CT molecular complexity index is 1480. The Labute approximate surface area is 204 Å². The van der Waals surface area contributed by atoms with Gasteiger partial charge in [-0.1, -0.05) is 54.6 Å². The zero-order valence-electron chi connectivity index (χ0n) is 18.2. The molecule has 0 N–H and O–H groups in total. The lowest BCUT2D eigenvalue weighted by atomic mass is 10.0. The molecule has 0 radical (unpaired) electrons.